The highest BCUT2D eigenvalue weighted by Crippen LogP contribution is 2.14. The number of rotatable bonds is 2. The quantitative estimate of drug-likeness (QED) is 0.732. The van der Waals surface area contributed by atoms with E-state index in [2.05, 4.69) is 0 Å². The van der Waals surface area contributed by atoms with E-state index in [1.165, 1.54) is 0 Å². The minimum atomic E-state index is -3.70. The number of hydrogen-bond donors (Lipinski definition) is 1. The molecule has 0 saturated heterocycles. The third-order valence-electron chi connectivity index (χ3n) is 1.36. The molecule has 0 atom stereocenters. The lowest BCUT2D eigenvalue weighted by Crippen LogP contribution is -2.25. The molecule has 0 fully saturated rings. The van der Waals surface area contributed by atoms with Crippen molar-refractivity contribution in [1.82, 2.24) is 0 Å². The fourth-order valence-electron chi connectivity index (χ4n) is 0.760. The Hall–Kier alpha value is -1.14. The van der Waals surface area contributed by atoms with Gasteiger partial charge in [0.1, 0.15) is 5.82 Å². The van der Waals surface area contributed by atoms with Gasteiger partial charge in [0, 0.05) is 0 Å². The molecule has 1 aromatic carbocycles. The van der Waals surface area contributed by atoms with Crippen LogP contribution in [0.2, 0.25) is 0 Å². The van der Waals surface area contributed by atoms with Crippen LogP contribution in [0.1, 0.15) is 0 Å². The monoisotopic (exact) mass is 205 g/mol. The average molecular weight is 205 g/mol. The summed E-state index contributed by atoms with van der Waals surface area (Å²) in [5, 5.41) is 9.07. The zero-order chi connectivity index (χ0) is 10.1. The smallest absolute Gasteiger partial charge is 0.254 e. The number of hydrogen-bond acceptors (Lipinski definition) is 3. The van der Waals surface area contributed by atoms with Gasteiger partial charge >= 0.3 is 0 Å². The Morgan fingerprint density at radius 2 is 1.77 bits per heavy atom. The van der Waals surface area contributed by atoms with E-state index in [0.717, 1.165) is 30.5 Å². The molecule has 0 aliphatic carbocycles. The van der Waals surface area contributed by atoms with Gasteiger partial charge in [-0.15, -0.1) is 4.47 Å². The van der Waals surface area contributed by atoms with Gasteiger partial charge in [0.05, 0.1) is 11.9 Å². The minimum absolute atomic E-state index is 0.00361. The van der Waals surface area contributed by atoms with Crippen LogP contribution in [0.15, 0.2) is 24.3 Å². The Morgan fingerprint density at radius 3 is 2.15 bits per heavy atom. The van der Waals surface area contributed by atoms with Crippen molar-refractivity contribution in [3.8, 4) is 0 Å². The van der Waals surface area contributed by atoms with Gasteiger partial charge in [-0.05, 0) is 24.3 Å². The van der Waals surface area contributed by atoms with Gasteiger partial charge < -0.3 is 0 Å². The summed E-state index contributed by atoms with van der Waals surface area (Å²) >= 11 is 0. The molecular weight excluding hydrogens is 197 g/mol. The normalized spacial score (nSPS) is 11.3. The van der Waals surface area contributed by atoms with Crippen LogP contribution in [-0.4, -0.2) is 19.9 Å². The first kappa shape index (κ1) is 9.94. The van der Waals surface area contributed by atoms with Crippen molar-refractivity contribution in [2.45, 2.75) is 0 Å². The van der Waals surface area contributed by atoms with E-state index < -0.39 is 15.8 Å². The molecule has 72 valence electrons. The topological polar surface area (TPSA) is 57.6 Å². The fourth-order valence-corrected chi connectivity index (χ4v) is 1.26. The van der Waals surface area contributed by atoms with Crippen molar-refractivity contribution in [2.24, 2.45) is 0 Å². The van der Waals surface area contributed by atoms with E-state index in [1.807, 2.05) is 0 Å². The van der Waals surface area contributed by atoms with Crippen molar-refractivity contribution in [1.29, 1.82) is 0 Å². The lowest BCUT2D eigenvalue weighted by atomic mass is 10.3. The van der Waals surface area contributed by atoms with Crippen molar-refractivity contribution >= 4 is 15.7 Å². The average Bonchev–Trinajstić information content (AvgIpc) is 2.03. The summed E-state index contributed by atoms with van der Waals surface area (Å²) in [5.74, 6) is -0.495. The Bertz CT molecular complexity index is 387. The molecule has 1 aromatic rings. The fraction of sp³-hybridized carbons (Fsp3) is 0.143. The number of sulfonamides is 1. The molecule has 0 bridgehead atoms. The zero-order valence-electron chi connectivity index (χ0n) is 6.81. The maximum atomic E-state index is 12.4. The highest BCUT2D eigenvalue weighted by molar-refractivity contribution is 7.91. The maximum absolute atomic E-state index is 12.4. The van der Waals surface area contributed by atoms with Crippen LogP contribution < -0.4 is 4.47 Å². The Kier molecular flexibility index (Phi) is 2.53. The van der Waals surface area contributed by atoms with Crippen molar-refractivity contribution in [2.75, 3.05) is 10.7 Å². The first-order valence-corrected chi connectivity index (χ1v) is 5.21. The minimum Gasteiger partial charge on any atom is -0.274 e. The summed E-state index contributed by atoms with van der Waals surface area (Å²) < 4.78 is 34.1. The third-order valence-corrected chi connectivity index (χ3v) is 2.20. The molecule has 0 radical (unpaired) electrons. The molecule has 6 heteroatoms. The highest BCUT2D eigenvalue weighted by Gasteiger charge is 2.13. The van der Waals surface area contributed by atoms with Crippen molar-refractivity contribution in [3.63, 3.8) is 0 Å². The van der Waals surface area contributed by atoms with Crippen molar-refractivity contribution < 1.29 is 18.0 Å². The summed E-state index contributed by atoms with van der Waals surface area (Å²) in [7, 11) is -3.70. The molecule has 13 heavy (non-hydrogen) atoms. The van der Waals surface area contributed by atoms with Crippen LogP contribution in [0.4, 0.5) is 10.1 Å². The molecular formula is C7H8FNO3S. The number of halogens is 1. The summed E-state index contributed by atoms with van der Waals surface area (Å²) in [4.78, 5) is 0. The molecule has 0 heterocycles. The lowest BCUT2D eigenvalue weighted by Gasteiger charge is -2.13. The first-order valence-electron chi connectivity index (χ1n) is 3.36. The van der Waals surface area contributed by atoms with Gasteiger partial charge in [-0.1, -0.05) is 0 Å². The second-order valence-electron chi connectivity index (χ2n) is 2.48. The molecule has 0 spiro atoms. The SMILES string of the molecule is CS(=O)(=O)N(O)c1ccc(F)cc1. The van der Waals surface area contributed by atoms with Crippen LogP contribution in [0.3, 0.4) is 0 Å². The Balaban J connectivity index is 3.04. The third kappa shape index (κ3) is 2.40. The van der Waals surface area contributed by atoms with E-state index >= 15 is 0 Å². The molecule has 4 nitrogen and oxygen atoms in total. The molecule has 0 aliphatic rings. The number of nitrogens with zero attached hydrogens (tertiary/aromatic N) is 1. The van der Waals surface area contributed by atoms with E-state index in [-0.39, 0.29) is 10.2 Å². The highest BCUT2D eigenvalue weighted by atomic mass is 32.2. The van der Waals surface area contributed by atoms with Crippen LogP contribution in [0.5, 0.6) is 0 Å². The molecule has 0 aliphatic heterocycles. The van der Waals surface area contributed by atoms with E-state index in [0.29, 0.717) is 0 Å². The first-order chi connectivity index (χ1) is 5.91. The van der Waals surface area contributed by atoms with Crippen LogP contribution in [0, 0.1) is 5.82 Å². The van der Waals surface area contributed by atoms with Crippen LogP contribution in [-0.2, 0) is 10.0 Å². The molecule has 1 rings (SSSR count). The maximum Gasteiger partial charge on any atom is 0.254 e. The second-order valence-corrected chi connectivity index (χ2v) is 4.29. The number of benzene rings is 1. The zero-order valence-corrected chi connectivity index (χ0v) is 7.62. The number of anilines is 1. The Morgan fingerprint density at radius 1 is 1.31 bits per heavy atom. The van der Waals surface area contributed by atoms with Crippen molar-refractivity contribution in [3.05, 3.63) is 30.1 Å². The van der Waals surface area contributed by atoms with E-state index in [1.54, 1.807) is 0 Å². The standard InChI is InChI=1S/C7H8FNO3S/c1-13(11,12)9(10)7-4-2-6(8)3-5-7/h2-5,10H,1H3. The molecule has 0 aromatic heterocycles. The van der Waals surface area contributed by atoms with Gasteiger partial charge in [-0.2, -0.15) is 0 Å². The predicted octanol–water partition coefficient (Wildman–Crippen LogP) is 0.981. The summed E-state index contributed by atoms with van der Waals surface area (Å²) in [5.41, 5.74) is 0.00361. The van der Waals surface area contributed by atoms with Crippen LogP contribution in [0.25, 0.3) is 0 Å². The van der Waals surface area contributed by atoms with Gasteiger partial charge in [0.15, 0.2) is 0 Å². The summed E-state index contributed by atoms with van der Waals surface area (Å²) in [6, 6.07) is 4.44. The molecule has 0 unspecified atom stereocenters. The van der Waals surface area contributed by atoms with Crippen LogP contribution >= 0.6 is 0 Å². The molecule has 0 saturated carbocycles. The van der Waals surface area contributed by atoms with Gasteiger partial charge in [0.25, 0.3) is 10.0 Å². The van der Waals surface area contributed by atoms with Gasteiger partial charge in [-0.3, -0.25) is 5.21 Å². The van der Waals surface area contributed by atoms with E-state index in [9.17, 15) is 12.8 Å². The Labute approximate surface area is 75.2 Å². The lowest BCUT2D eigenvalue weighted by molar-refractivity contribution is 0.317. The summed E-state index contributed by atoms with van der Waals surface area (Å²) in [6.45, 7) is 0. The summed E-state index contributed by atoms with van der Waals surface area (Å²) in [6.07, 6.45) is 0.844. The largest absolute Gasteiger partial charge is 0.274 e. The molecule has 1 N–H and O–H groups in total. The van der Waals surface area contributed by atoms with Gasteiger partial charge in [0.2, 0.25) is 0 Å². The second kappa shape index (κ2) is 3.31. The molecule has 0 amide bonds. The van der Waals surface area contributed by atoms with Gasteiger partial charge in [-0.25, -0.2) is 12.8 Å². The van der Waals surface area contributed by atoms with E-state index in [4.69, 9.17) is 5.21 Å². The predicted molar refractivity (Wildman–Crippen MR) is 45.5 cm³/mol.